The lowest BCUT2D eigenvalue weighted by Gasteiger charge is -2.06. The average molecular weight is 262 g/mol. The number of hydrogen-bond donors (Lipinski definition) is 1. The molecule has 0 unspecified atom stereocenters. The molecule has 0 aliphatic heterocycles. The molecule has 3 aromatic rings. The summed E-state index contributed by atoms with van der Waals surface area (Å²) in [5.41, 5.74) is 8.68. The number of benzene rings is 2. The lowest BCUT2D eigenvalue weighted by molar-refractivity contribution is 0.627. The number of aromatic nitrogens is 2. The lowest BCUT2D eigenvalue weighted by Crippen LogP contribution is -1.94. The Bertz CT molecular complexity index is 736. The Morgan fingerprint density at radius 2 is 2.00 bits per heavy atom. The van der Waals surface area contributed by atoms with Gasteiger partial charge in [-0.05, 0) is 36.4 Å². The number of anilines is 1. The van der Waals surface area contributed by atoms with Gasteiger partial charge in [-0.3, -0.25) is 4.57 Å². The van der Waals surface area contributed by atoms with E-state index in [0.717, 1.165) is 11.0 Å². The monoisotopic (exact) mass is 261 g/mol. The van der Waals surface area contributed by atoms with Gasteiger partial charge in [0.15, 0.2) is 0 Å². The van der Waals surface area contributed by atoms with E-state index in [1.165, 1.54) is 12.1 Å². The van der Waals surface area contributed by atoms with Crippen LogP contribution in [0.15, 0.2) is 42.7 Å². The number of hydrogen-bond acceptors (Lipinski definition) is 2. The molecule has 5 heteroatoms. The van der Waals surface area contributed by atoms with E-state index in [-0.39, 0.29) is 5.82 Å². The van der Waals surface area contributed by atoms with Crippen LogP contribution in [-0.2, 0) is 0 Å². The summed E-state index contributed by atoms with van der Waals surface area (Å²) in [5, 5.41) is 0.339. The standard InChI is InChI=1S/C13H9ClFN3/c14-10-5-8(15)1-3-12(10)18-7-17-11-6-9(16)2-4-13(11)18/h1-7H,16H2. The highest BCUT2D eigenvalue weighted by Gasteiger charge is 2.08. The smallest absolute Gasteiger partial charge is 0.124 e. The summed E-state index contributed by atoms with van der Waals surface area (Å²) in [5.74, 6) is -0.364. The summed E-state index contributed by atoms with van der Waals surface area (Å²) in [6.45, 7) is 0. The van der Waals surface area contributed by atoms with Crippen molar-refractivity contribution >= 4 is 28.3 Å². The molecule has 0 radical (unpaired) electrons. The second-order valence-electron chi connectivity index (χ2n) is 3.96. The molecule has 0 amide bonds. The maximum atomic E-state index is 13.0. The number of rotatable bonds is 1. The van der Waals surface area contributed by atoms with Gasteiger partial charge in [0, 0.05) is 5.69 Å². The largest absolute Gasteiger partial charge is 0.399 e. The summed E-state index contributed by atoms with van der Waals surface area (Å²) < 4.78 is 14.8. The second-order valence-corrected chi connectivity index (χ2v) is 4.37. The van der Waals surface area contributed by atoms with Crippen molar-refractivity contribution < 1.29 is 4.39 Å². The van der Waals surface area contributed by atoms with E-state index < -0.39 is 0 Å². The summed E-state index contributed by atoms with van der Waals surface area (Å²) in [4.78, 5) is 4.25. The van der Waals surface area contributed by atoms with Crippen LogP contribution in [0, 0.1) is 5.82 Å². The number of fused-ring (bicyclic) bond motifs is 1. The quantitative estimate of drug-likeness (QED) is 0.682. The number of halogens is 2. The molecule has 90 valence electrons. The van der Waals surface area contributed by atoms with Gasteiger partial charge in [-0.15, -0.1) is 0 Å². The van der Waals surface area contributed by atoms with E-state index in [4.69, 9.17) is 17.3 Å². The Kier molecular flexibility index (Phi) is 2.45. The van der Waals surface area contributed by atoms with Gasteiger partial charge in [0.05, 0.1) is 21.7 Å². The van der Waals surface area contributed by atoms with E-state index in [1.54, 1.807) is 29.1 Å². The molecule has 0 saturated heterocycles. The van der Waals surface area contributed by atoms with Crippen LogP contribution in [0.1, 0.15) is 0 Å². The molecular formula is C13H9ClFN3. The molecule has 3 nitrogen and oxygen atoms in total. The fourth-order valence-electron chi connectivity index (χ4n) is 1.90. The van der Waals surface area contributed by atoms with Crippen molar-refractivity contribution in [1.29, 1.82) is 0 Å². The van der Waals surface area contributed by atoms with Crippen LogP contribution in [0.5, 0.6) is 0 Å². The van der Waals surface area contributed by atoms with Crippen molar-refractivity contribution in [3.8, 4) is 5.69 Å². The predicted octanol–water partition coefficient (Wildman–Crippen LogP) is 3.40. The van der Waals surface area contributed by atoms with Crippen molar-refractivity contribution in [2.75, 3.05) is 5.73 Å². The maximum Gasteiger partial charge on any atom is 0.124 e. The van der Waals surface area contributed by atoms with Crippen LogP contribution in [0.4, 0.5) is 10.1 Å². The highest BCUT2D eigenvalue weighted by molar-refractivity contribution is 6.32. The molecule has 0 aliphatic carbocycles. The van der Waals surface area contributed by atoms with E-state index in [0.29, 0.717) is 16.4 Å². The number of nitrogen functional groups attached to an aromatic ring is 1. The summed E-state index contributed by atoms with van der Waals surface area (Å²) >= 11 is 6.04. The Labute approximate surface area is 108 Å². The van der Waals surface area contributed by atoms with E-state index in [2.05, 4.69) is 4.98 Å². The summed E-state index contributed by atoms with van der Waals surface area (Å²) in [6.07, 6.45) is 1.64. The van der Waals surface area contributed by atoms with Gasteiger partial charge >= 0.3 is 0 Å². The van der Waals surface area contributed by atoms with Crippen molar-refractivity contribution in [3.05, 3.63) is 53.6 Å². The number of imidazole rings is 1. The van der Waals surface area contributed by atoms with Crippen LogP contribution in [0.3, 0.4) is 0 Å². The van der Waals surface area contributed by atoms with Gasteiger partial charge in [0.25, 0.3) is 0 Å². The van der Waals surface area contributed by atoms with E-state index in [1.807, 2.05) is 6.07 Å². The van der Waals surface area contributed by atoms with Crippen LogP contribution < -0.4 is 5.73 Å². The summed E-state index contributed by atoms with van der Waals surface area (Å²) in [7, 11) is 0. The minimum Gasteiger partial charge on any atom is -0.399 e. The summed E-state index contributed by atoms with van der Waals surface area (Å²) in [6, 6.07) is 9.69. The van der Waals surface area contributed by atoms with Crippen molar-refractivity contribution in [3.63, 3.8) is 0 Å². The molecule has 0 bridgehead atoms. The molecule has 0 spiro atoms. The second kappa shape index (κ2) is 3.99. The molecule has 1 aromatic heterocycles. The zero-order chi connectivity index (χ0) is 12.7. The topological polar surface area (TPSA) is 43.8 Å². The average Bonchev–Trinajstić information content (AvgIpc) is 2.72. The zero-order valence-electron chi connectivity index (χ0n) is 9.27. The third kappa shape index (κ3) is 1.71. The Hall–Kier alpha value is -2.07. The Morgan fingerprint density at radius 1 is 1.17 bits per heavy atom. The lowest BCUT2D eigenvalue weighted by atomic mass is 10.2. The molecule has 1 heterocycles. The molecule has 0 saturated carbocycles. The fourth-order valence-corrected chi connectivity index (χ4v) is 2.16. The molecule has 3 rings (SSSR count). The van der Waals surface area contributed by atoms with Gasteiger partial charge < -0.3 is 5.73 Å². The van der Waals surface area contributed by atoms with Crippen molar-refractivity contribution in [2.45, 2.75) is 0 Å². The van der Waals surface area contributed by atoms with Crippen LogP contribution in [0.25, 0.3) is 16.7 Å². The molecule has 18 heavy (non-hydrogen) atoms. The first-order valence-electron chi connectivity index (χ1n) is 5.33. The predicted molar refractivity (Wildman–Crippen MR) is 70.5 cm³/mol. The Balaban J connectivity index is 2.25. The minimum absolute atomic E-state index is 0.339. The molecule has 0 aliphatic rings. The van der Waals surface area contributed by atoms with Gasteiger partial charge in [0.1, 0.15) is 12.1 Å². The van der Waals surface area contributed by atoms with Gasteiger partial charge in [-0.1, -0.05) is 11.6 Å². The van der Waals surface area contributed by atoms with Gasteiger partial charge in [-0.2, -0.15) is 0 Å². The number of nitrogens with zero attached hydrogens (tertiary/aromatic N) is 2. The highest BCUT2D eigenvalue weighted by Crippen LogP contribution is 2.26. The zero-order valence-corrected chi connectivity index (χ0v) is 10.0. The fraction of sp³-hybridized carbons (Fsp3) is 0. The van der Waals surface area contributed by atoms with Crippen LogP contribution in [0.2, 0.25) is 5.02 Å². The first-order valence-corrected chi connectivity index (χ1v) is 5.71. The Morgan fingerprint density at radius 3 is 2.78 bits per heavy atom. The van der Waals surface area contributed by atoms with Gasteiger partial charge in [-0.25, -0.2) is 9.37 Å². The van der Waals surface area contributed by atoms with Crippen molar-refractivity contribution in [1.82, 2.24) is 9.55 Å². The minimum atomic E-state index is -0.364. The van der Waals surface area contributed by atoms with Crippen LogP contribution in [-0.4, -0.2) is 9.55 Å². The van der Waals surface area contributed by atoms with Crippen molar-refractivity contribution in [2.24, 2.45) is 0 Å². The number of nitrogens with two attached hydrogens (primary N) is 1. The maximum absolute atomic E-state index is 13.0. The third-order valence-electron chi connectivity index (χ3n) is 2.74. The normalized spacial score (nSPS) is 11.0. The highest BCUT2D eigenvalue weighted by atomic mass is 35.5. The molecular weight excluding hydrogens is 253 g/mol. The first-order chi connectivity index (χ1) is 8.65. The van der Waals surface area contributed by atoms with E-state index in [9.17, 15) is 4.39 Å². The van der Waals surface area contributed by atoms with E-state index >= 15 is 0 Å². The first kappa shape index (κ1) is 11.0. The third-order valence-corrected chi connectivity index (χ3v) is 3.04. The van der Waals surface area contributed by atoms with Crippen LogP contribution >= 0.6 is 11.6 Å². The molecule has 2 aromatic carbocycles. The molecule has 0 atom stereocenters. The molecule has 2 N–H and O–H groups in total. The van der Waals surface area contributed by atoms with Gasteiger partial charge in [0.2, 0.25) is 0 Å². The SMILES string of the molecule is Nc1ccc2c(c1)ncn2-c1ccc(F)cc1Cl. The molecule has 0 fully saturated rings.